The van der Waals surface area contributed by atoms with Gasteiger partial charge in [-0.1, -0.05) is 36.4 Å². The summed E-state index contributed by atoms with van der Waals surface area (Å²) in [5, 5.41) is 0. The van der Waals surface area contributed by atoms with Crippen molar-refractivity contribution in [3.8, 4) is 0 Å². The van der Waals surface area contributed by atoms with Crippen molar-refractivity contribution in [1.82, 2.24) is 0 Å². The third-order valence-corrected chi connectivity index (χ3v) is 4.54. The van der Waals surface area contributed by atoms with Crippen LogP contribution in [0.15, 0.2) is 60.7 Å². The monoisotopic (exact) mass is 324 g/mol. The fraction of sp³-hybridized carbons (Fsp3) is 0.400. The number of benzene rings is 2. The Kier molecular flexibility index (Phi) is 4.67. The lowest BCUT2D eigenvalue weighted by Crippen LogP contribution is -2.38. The van der Waals surface area contributed by atoms with E-state index in [1.165, 1.54) is 11.4 Å². The molecule has 2 aliphatic rings. The molecule has 24 heavy (non-hydrogen) atoms. The van der Waals surface area contributed by atoms with Crippen molar-refractivity contribution in [2.24, 2.45) is 0 Å². The second-order valence-corrected chi connectivity index (χ2v) is 6.47. The molecule has 2 aromatic rings. The molecule has 2 heterocycles. The smallest absolute Gasteiger partial charge is 0.0984 e. The predicted molar refractivity (Wildman–Crippen MR) is 96.8 cm³/mol. The second kappa shape index (κ2) is 7.24. The molecule has 2 aliphatic heterocycles. The van der Waals surface area contributed by atoms with Crippen LogP contribution in [0.1, 0.15) is 0 Å². The highest BCUT2D eigenvalue weighted by Crippen LogP contribution is 2.21. The number of epoxide rings is 2. The normalized spacial score (nSPS) is 21.3. The lowest BCUT2D eigenvalue weighted by atomic mass is 10.2. The molecule has 0 amide bonds. The van der Waals surface area contributed by atoms with Gasteiger partial charge in [-0.05, 0) is 24.3 Å². The number of anilines is 2. The van der Waals surface area contributed by atoms with Crippen molar-refractivity contribution in [2.45, 2.75) is 12.2 Å². The molecule has 2 aromatic carbocycles. The first-order chi connectivity index (χ1) is 11.9. The van der Waals surface area contributed by atoms with E-state index in [2.05, 4.69) is 70.5 Å². The summed E-state index contributed by atoms with van der Waals surface area (Å²) in [7, 11) is 0. The van der Waals surface area contributed by atoms with Crippen LogP contribution in [-0.4, -0.2) is 51.6 Å². The Balaban J connectivity index is 1.44. The largest absolute Gasteiger partial charge is 0.371 e. The van der Waals surface area contributed by atoms with E-state index in [0.29, 0.717) is 12.2 Å². The van der Waals surface area contributed by atoms with E-state index in [-0.39, 0.29) is 0 Å². The molecule has 4 nitrogen and oxygen atoms in total. The average Bonchev–Trinajstić information content (AvgIpc) is 3.55. The predicted octanol–water partition coefficient (Wildman–Crippen LogP) is 2.80. The molecule has 2 atom stereocenters. The van der Waals surface area contributed by atoms with E-state index in [9.17, 15) is 0 Å². The first-order valence-corrected chi connectivity index (χ1v) is 8.72. The molecular formula is C20H24N2O2. The molecule has 4 rings (SSSR count). The summed E-state index contributed by atoms with van der Waals surface area (Å²) in [6, 6.07) is 21.3. The number of hydrogen-bond acceptors (Lipinski definition) is 4. The zero-order valence-electron chi connectivity index (χ0n) is 13.9. The van der Waals surface area contributed by atoms with Gasteiger partial charge in [0.1, 0.15) is 0 Å². The summed E-state index contributed by atoms with van der Waals surface area (Å²) in [6.07, 6.45) is 0.782. The van der Waals surface area contributed by atoms with Gasteiger partial charge in [0, 0.05) is 37.6 Å². The molecular weight excluding hydrogens is 300 g/mol. The number of para-hydroxylation sites is 2. The van der Waals surface area contributed by atoms with Gasteiger partial charge in [-0.15, -0.1) is 0 Å². The van der Waals surface area contributed by atoms with Gasteiger partial charge in [0.25, 0.3) is 0 Å². The molecule has 0 bridgehead atoms. The van der Waals surface area contributed by atoms with Crippen molar-refractivity contribution in [3.05, 3.63) is 60.7 Å². The zero-order valence-corrected chi connectivity index (χ0v) is 13.9. The van der Waals surface area contributed by atoms with Crippen molar-refractivity contribution < 1.29 is 9.47 Å². The summed E-state index contributed by atoms with van der Waals surface area (Å²) in [5.41, 5.74) is 2.53. The minimum Gasteiger partial charge on any atom is -0.371 e. The zero-order chi connectivity index (χ0) is 16.2. The highest BCUT2D eigenvalue weighted by Gasteiger charge is 2.28. The van der Waals surface area contributed by atoms with Gasteiger partial charge in [-0.3, -0.25) is 0 Å². The Bertz CT molecular complexity index is 569. The number of rotatable bonds is 9. The van der Waals surface area contributed by atoms with Crippen LogP contribution < -0.4 is 9.80 Å². The fourth-order valence-electron chi connectivity index (χ4n) is 3.01. The molecule has 4 heteroatoms. The van der Waals surface area contributed by atoms with Crippen LogP contribution in [-0.2, 0) is 9.47 Å². The molecule has 2 fully saturated rings. The van der Waals surface area contributed by atoms with Gasteiger partial charge >= 0.3 is 0 Å². The summed E-state index contributed by atoms with van der Waals surface area (Å²) >= 11 is 0. The van der Waals surface area contributed by atoms with E-state index in [1.54, 1.807) is 0 Å². The standard InChI is InChI=1S/C20H24N2O2/c1-3-7-17(8-4-1)21(13-19-15-23-19)11-12-22(14-20-16-24-20)18-9-5-2-6-10-18/h1-10,19-20H,11-16H2. The first-order valence-electron chi connectivity index (χ1n) is 8.72. The lowest BCUT2D eigenvalue weighted by Gasteiger charge is -2.30. The van der Waals surface area contributed by atoms with Gasteiger partial charge in [-0.2, -0.15) is 0 Å². The Morgan fingerprint density at radius 1 is 0.667 bits per heavy atom. The summed E-state index contributed by atoms with van der Waals surface area (Å²) in [4.78, 5) is 4.86. The first kappa shape index (κ1) is 15.5. The molecule has 0 N–H and O–H groups in total. The van der Waals surface area contributed by atoms with Crippen molar-refractivity contribution in [3.63, 3.8) is 0 Å². The SMILES string of the molecule is c1ccc(N(CCN(CC2CO2)c2ccccc2)CC2CO2)cc1. The molecule has 126 valence electrons. The Morgan fingerprint density at radius 2 is 1.04 bits per heavy atom. The highest BCUT2D eigenvalue weighted by molar-refractivity contribution is 5.49. The van der Waals surface area contributed by atoms with Gasteiger partial charge < -0.3 is 19.3 Å². The number of nitrogens with zero attached hydrogens (tertiary/aromatic N) is 2. The summed E-state index contributed by atoms with van der Waals surface area (Å²) in [5.74, 6) is 0. The molecule has 2 saturated heterocycles. The summed E-state index contributed by atoms with van der Waals surface area (Å²) in [6.45, 7) is 5.67. The van der Waals surface area contributed by atoms with Crippen LogP contribution >= 0.6 is 0 Å². The minimum absolute atomic E-state index is 0.391. The van der Waals surface area contributed by atoms with Crippen LogP contribution in [0.25, 0.3) is 0 Å². The Hall–Kier alpha value is -2.04. The third-order valence-electron chi connectivity index (χ3n) is 4.54. The van der Waals surface area contributed by atoms with Crippen molar-refractivity contribution >= 4 is 11.4 Å². The van der Waals surface area contributed by atoms with Gasteiger partial charge in [0.15, 0.2) is 0 Å². The van der Waals surface area contributed by atoms with E-state index in [0.717, 1.165) is 39.4 Å². The van der Waals surface area contributed by atoms with Crippen LogP contribution in [0.3, 0.4) is 0 Å². The average molecular weight is 324 g/mol. The van der Waals surface area contributed by atoms with E-state index < -0.39 is 0 Å². The van der Waals surface area contributed by atoms with Crippen LogP contribution in [0, 0.1) is 0 Å². The van der Waals surface area contributed by atoms with E-state index in [4.69, 9.17) is 9.47 Å². The molecule has 0 aromatic heterocycles. The molecule has 0 spiro atoms. The van der Waals surface area contributed by atoms with Gasteiger partial charge in [0.05, 0.1) is 25.4 Å². The Morgan fingerprint density at radius 3 is 1.38 bits per heavy atom. The van der Waals surface area contributed by atoms with Crippen LogP contribution in [0.5, 0.6) is 0 Å². The number of ether oxygens (including phenoxy) is 2. The minimum atomic E-state index is 0.391. The third kappa shape index (κ3) is 4.28. The van der Waals surface area contributed by atoms with Crippen LogP contribution in [0.4, 0.5) is 11.4 Å². The van der Waals surface area contributed by atoms with E-state index >= 15 is 0 Å². The van der Waals surface area contributed by atoms with Gasteiger partial charge in [0.2, 0.25) is 0 Å². The maximum atomic E-state index is 5.45. The maximum Gasteiger partial charge on any atom is 0.0984 e. The second-order valence-electron chi connectivity index (χ2n) is 6.47. The molecule has 0 aliphatic carbocycles. The van der Waals surface area contributed by atoms with Crippen LogP contribution in [0.2, 0.25) is 0 Å². The molecule has 0 radical (unpaired) electrons. The van der Waals surface area contributed by atoms with E-state index in [1.807, 2.05) is 0 Å². The molecule has 0 saturated carbocycles. The van der Waals surface area contributed by atoms with Gasteiger partial charge in [-0.25, -0.2) is 0 Å². The topological polar surface area (TPSA) is 31.5 Å². The molecule has 2 unspecified atom stereocenters. The lowest BCUT2D eigenvalue weighted by molar-refractivity contribution is 0.403. The quantitative estimate of drug-likeness (QED) is 0.664. The van der Waals surface area contributed by atoms with Crippen molar-refractivity contribution in [1.29, 1.82) is 0 Å². The highest BCUT2D eigenvalue weighted by atomic mass is 16.6. The maximum absolute atomic E-state index is 5.45. The summed E-state index contributed by atoms with van der Waals surface area (Å²) < 4.78 is 10.9. The van der Waals surface area contributed by atoms with Crippen molar-refractivity contribution in [2.75, 3.05) is 49.2 Å². The number of hydrogen-bond donors (Lipinski definition) is 0. The Labute approximate surface area is 143 Å². The fourth-order valence-corrected chi connectivity index (χ4v) is 3.01.